The summed E-state index contributed by atoms with van der Waals surface area (Å²) in [5, 5.41) is 7.60. The maximum absolute atomic E-state index is 12.6. The van der Waals surface area contributed by atoms with Crippen molar-refractivity contribution in [2.24, 2.45) is 0 Å². The smallest absolute Gasteiger partial charge is 0.412 e. The van der Waals surface area contributed by atoms with E-state index in [9.17, 15) is 4.79 Å². The van der Waals surface area contributed by atoms with Gasteiger partial charge in [-0.15, -0.1) is 5.10 Å². The highest BCUT2D eigenvalue weighted by molar-refractivity contribution is 5.86. The fourth-order valence-corrected chi connectivity index (χ4v) is 5.98. The van der Waals surface area contributed by atoms with Crippen LogP contribution >= 0.6 is 0 Å². The minimum Gasteiger partial charge on any atom is -0.475 e. The molecule has 1 aliphatic carbocycles. The summed E-state index contributed by atoms with van der Waals surface area (Å²) >= 11 is 0. The summed E-state index contributed by atoms with van der Waals surface area (Å²) in [5.74, 6) is 0.432. The van der Waals surface area contributed by atoms with Gasteiger partial charge in [-0.1, -0.05) is 30.3 Å². The van der Waals surface area contributed by atoms with Crippen LogP contribution in [0.4, 0.5) is 10.5 Å². The van der Waals surface area contributed by atoms with E-state index in [1.54, 1.807) is 0 Å². The molecule has 9 nitrogen and oxygen atoms in total. The number of carbonyl (C=O) groups is 1. The van der Waals surface area contributed by atoms with Crippen molar-refractivity contribution >= 4 is 11.8 Å². The second kappa shape index (κ2) is 12.8. The number of benzene rings is 1. The van der Waals surface area contributed by atoms with Crippen LogP contribution in [0.5, 0.6) is 5.88 Å². The number of anilines is 1. The molecule has 3 fully saturated rings. The van der Waals surface area contributed by atoms with Gasteiger partial charge in [-0.2, -0.15) is 0 Å². The van der Waals surface area contributed by atoms with E-state index in [2.05, 4.69) is 10.2 Å². The van der Waals surface area contributed by atoms with Gasteiger partial charge in [-0.3, -0.25) is 14.9 Å². The Balaban J connectivity index is 1.19. The van der Waals surface area contributed by atoms with Crippen LogP contribution in [0.3, 0.4) is 0 Å². The van der Waals surface area contributed by atoms with Crippen molar-refractivity contribution in [3.8, 4) is 5.88 Å². The Hall–Kier alpha value is -2.62. The van der Waals surface area contributed by atoms with Gasteiger partial charge >= 0.3 is 6.09 Å². The van der Waals surface area contributed by atoms with Gasteiger partial charge in [0.1, 0.15) is 12.3 Å². The predicted molar refractivity (Wildman–Crippen MR) is 140 cm³/mol. The summed E-state index contributed by atoms with van der Waals surface area (Å²) in [6.07, 6.45) is 9.10. The highest BCUT2D eigenvalue weighted by Gasteiger charge is 2.42. The molecule has 1 saturated carbocycles. The standard InChI is InChI=1S/C28H40N4O5/c1-2-34-15-6-16-36-27-26(29-28(33)37-18-21-7-4-3-5-8-21)17-31(30-27)22-9-11-23(12-10-22)32-24-13-14-25(32)20-35-19-24/h3-5,7-8,17,22-25H,2,6,9-16,18-20H2,1H3,(H,29,33)/t22-,23-,24-,25+. The number of nitrogens with one attached hydrogen (secondary N) is 1. The molecule has 1 aromatic heterocycles. The zero-order chi connectivity index (χ0) is 25.5. The first-order valence-electron chi connectivity index (χ1n) is 13.8. The molecule has 202 valence electrons. The first-order valence-corrected chi connectivity index (χ1v) is 13.8. The van der Waals surface area contributed by atoms with Crippen LogP contribution in [0, 0.1) is 0 Å². The molecule has 0 radical (unpaired) electrons. The molecule has 2 saturated heterocycles. The van der Waals surface area contributed by atoms with Crippen LogP contribution < -0.4 is 10.1 Å². The van der Waals surface area contributed by atoms with Crippen LogP contribution in [0.1, 0.15) is 63.5 Å². The number of nitrogens with zero attached hydrogens (tertiary/aromatic N) is 3. The first-order chi connectivity index (χ1) is 18.2. The van der Waals surface area contributed by atoms with E-state index in [1.807, 2.05) is 48.1 Å². The SMILES string of the molecule is CCOCCCOc1nn([C@H]2CC[C@H](N3[C@@H]4CC[C@H]3COC4)CC2)cc1NC(=O)OCc1ccccc1. The summed E-state index contributed by atoms with van der Waals surface area (Å²) in [5.41, 5.74) is 1.48. The van der Waals surface area contributed by atoms with E-state index < -0.39 is 6.09 Å². The summed E-state index contributed by atoms with van der Waals surface area (Å²) < 4.78 is 24.6. The van der Waals surface area contributed by atoms with Gasteiger partial charge in [0.25, 0.3) is 5.88 Å². The molecular weight excluding hydrogens is 472 g/mol. The van der Waals surface area contributed by atoms with Crippen molar-refractivity contribution in [2.75, 3.05) is 38.4 Å². The van der Waals surface area contributed by atoms with E-state index in [0.29, 0.717) is 49.5 Å². The molecule has 2 atom stereocenters. The molecule has 9 heteroatoms. The van der Waals surface area contributed by atoms with Gasteiger partial charge in [0.05, 0.1) is 32.1 Å². The largest absolute Gasteiger partial charge is 0.475 e. The maximum atomic E-state index is 12.6. The second-order valence-corrected chi connectivity index (χ2v) is 10.2. The Kier molecular flexibility index (Phi) is 8.97. The minimum atomic E-state index is -0.519. The molecule has 2 aliphatic heterocycles. The highest BCUT2D eigenvalue weighted by Crippen LogP contribution is 2.39. The Morgan fingerprint density at radius 2 is 1.70 bits per heavy atom. The monoisotopic (exact) mass is 512 g/mol. The van der Waals surface area contributed by atoms with Crippen LogP contribution in [-0.4, -0.2) is 71.9 Å². The Bertz CT molecular complexity index is 976. The maximum Gasteiger partial charge on any atom is 0.412 e. The molecule has 2 bridgehead atoms. The van der Waals surface area contributed by atoms with Crippen LogP contribution in [0.15, 0.2) is 36.5 Å². The molecule has 5 rings (SSSR count). The Morgan fingerprint density at radius 1 is 1.00 bits per heavy atom. The number of fused-ring (bicyclic) bond motifs is 2. The number of amides is 1. The van der Waals surface area contributed by atoms with E-state index in [-0.39, 0.29) is 12.6 Å². The molecule has 1 aromatic carbocycles. The van der Waals surface area contributed by atoms with E-state index in [0.717, 1.165) is 50.9 Å². The van der Waals surface area contributed by atoms with E-state index in [4.69, 9.17) is 24.0 Å². The molecule has 37 heavy (non-hydrogen) atoms. The number of hydrogen-bond donors (Lipinski definition) is 1. The average Bonchev–Trinajstić information content (AvgIpc) is 3.44. The number of morpholine rings is 1. The van der Waals surface area contributed by atoms with Gasteiger partial charge in [0, 0.05) is 37.8 Å². The van der Waals surface area contributed by atoms with Crippen molar-refractivity contribution in [3.05, 3.63) is 42.1 Å². The summed E-state index contributed by atoms with van der Waals surface area (Å²) in [4.78, 5) is 15.3. The van der Waals surface area contributed by atoms with E-state index >= 15 is 0 Å². The van der Waals surface area contributed by atoms with Gasteiger partial charge in [-0.05, 0) is 51.0 Å². The summed E-state index contributed by atoms with van der Waals surface area (Å²) in [6.45, 7) is 5.74. The van der Waals surface area contributed by atoms with Crippen LogP contribution in [0.25, 0.3) is 0 Å². The first kappa shape index (κ1) is 26.0. The normalized spacial score (nSPS) is 25.6. The molecule has 0 unspecified atom stereocenters. The molecule has 2 aromatic rings. The van der Waals surface area contributed by atoms with E-state index in [1.165, 1.54) is 12.8 Å². The van der Waals surface area contributed by atoms with Gasteiger partial charge < -0.3 is 18.9 Å². The third kappa shape index (κ3) is 6.64. The van der Waals surface area contributed by atoms with Crippen molar-refractivity contribution in [1.29, 1.82) is 0 Å². The third-order valence-corrected chi connectivity index (χ3v) is 7.78. The number of carbonyl (C=O) groups excluding carboxylic acids is 1. The van der Waals surface area contributed by atoms with Crippen molar-refractivity contribution < 1.29 is 23.7 Å². The fraction of sp³-hybridized carbons (Fsp3) is 0.643. The predicted octanol–water partition coefficient (Wildman–Crippen LogP) is 4.78. The number of rotatable bonds is 11. The van der Waals surface area contributed by atoms with Gasteiger partial charge in [0.15, 0.2) is 0 Å². The van der Waals surface area contributed by atoms with Crippen molar-refractivity contribution in [1.82, 2.24) is 14.7 Å². The number of aromatic nitrogens is 2. The zero-order valence-corrected chi connectivity index (χ0v) is 21.8. The number of hydrogen-bond acceptors (Lipinski definition) is 7. The lowest BCUT2D eigenvalue weighted by Gasteiger charge is -2.43. The third-order valence-electron chi connectivity index (χ3n) is 7.78. The average molecular weight is 513 g/mol. The summed E-state index contributed by atoms with van der Waals surface area (Å²) in [7, 11) is 0. The lowest BCUT2D eigenvalue weighted by molar-refractivity contribution is -0.0458. The lowest BCUT2D eigenvalue weighted by atomic mass is 9.89. The molecule has 3 heterocycles. The molecular formula is C28H40N4O5. The molecule has 3 aliphatic rings. The number of ether oxygens (including phenoxy) is 4. The summed E-state index contributed by atoms with van der Waals surface area (Å²) in [6, 6.07) is 11.8. The Labute approximate surface area is 219 Å². The Morgan fingerprint density at radius 3 is 2.43 bits per heavy atom. The minimum absolute atomic E-state index is 0.207. The molecule has 1 N–H and O–H groups in total. The highest BCUT2D eigenvalue weighted by atomic mass is 16.5. The molecule has 0 spiro atoms. The van der Waals surface area contributed by atoms with Gasteiger partial charge in [-0.25, -0.2) is 4.79 Å². The van der Waals surface area contributed by atoms with Crippen LogP contribution in [-0.2, 0) is 20.8 Å². The quantitative estimate of drug-likeness (QED) is 0.434. The van der Waals surface area contributed by atoms with Gasteiger partial charge in [0.2, 0.25) is 0 Å². The lowest BCUT2D eigenvalue weighted by Crippen LogP contribution is -2.52. The molecule has 1 amide bonds. The topological polar surface area (TPSA) is 87.1 Å². The zero-order valence-electron chi connectivity index (χ0n) is 21.8. The van der Waals surface area contributed by atoms with Crippen molar-refractivity contribution in [3.63, 3.8) is 0 Å². The second-order valence-electron chi connectivity index (χ2n) is 10.2. The van der Waals surface area contributed by atoms with Crippen LogP contribution in [0.2, 0.25) is 0 Å². The fourth-order valence-electron chi connectivity index (χ4n) is 5.98. The van der Waals surface area contributed by atoms with Crippen molar-refractivity contribution in [2.45, 2.75) is 82.6 Å².